The topological polar surface area (TPSA) is 42.0 Å². The molecule has 0 saturated heterocycles. The Morgan fingerprint density at radius 2 is 1.67 bits per heavy atom. The number of carbonyl (C=O) groups is 1. The van der Waals surface area contributed by atoms with Crippen molar-refractivity contribution in [3.63, 3.8) is 0 Å². The highest BCUT2D eigenvalue weighted by atomic mass is 16.1. The van der Waals surface area contributed by atoms with Gasteiger partial charge >= 0.3 is 0 Å². The van der Waals surface area contributed by atoms with Crippen molar-refractivity contribution in [2.75, 3.05) is 6.54 Å². The Morgan fingerprint density at radius 3 is 2.33 bits per heavy atom. The smallest absolute Gasteiger partial charge is 0.251 e. The maximum atomic E-state index is 11.7. The van der Waals surface area contributed by atoms with Crippen LogP contribution in [0.2, 0.25) is 0 Å². The Kier molecular flexibility index (Phi) is 7.85. The third kappa shape index (κ3) is 6.38. The summed E-state index contributed by atoms with van der Waals surface area (Å²) in [6.07, 6.45) is 12.2. The van der Waals surface area contributed by atoms with E-state index in [4.69, 9.17) is 0 Å². The van der Waals surface area contributed by atoms with Crippen molar-refractivity contribution in [1.82, 2.24) is 10.3 Å². The third-order valence-corrected chi connectivity index (χ3v) is 3.01. The summed E-state index contributed by atoms with van der Waals surface area (Å²) in [6.45, 7) is 3.00. The van der Waals surface area contributed by atoms with Gasteiger partial charge in [0.25, 0.3) is 5.91 Å². The Hall–Kier alpha value is -1.38. The summed E-state index contributed by atoms with van der Waals surface area (Å²) in [5, 5.41) is 2.93. The summed E-state index contributed by atoms with van der Waals surface area (Å²) in [5.41, 5.74) is 0.688. The molecule has 0 aliphatic carbocycles. The largest absolute Gasteiger partial charge is 0.352 e. The van der Waals surface area contributed by atoms with Gasteiger partial charge in [-0.25, -0.2) is 0 Å². The number of amides is 1. The molecule has 0 atom stereocenters. The number of rotatable bonds is 9. The van der Waals surface area contributed by atoms with E-state index in [1.807, 2.05) is 0 Å². The molecule has 3 nitrogen and oxygen atoms in total. The van der Waals surface area contributed by atoms with Crippen LogP contribution >= 0.6 is 0 Å². The van der Waals surface area contributed by atoms with Crippen molar-refractivity contribution in [3.05, 3.63) is 30.1 Å². The normalized spacial score (nSPS) is 10.3. The van der Waals surface area contributed by atoms with Crippen LogP contribution in [0.4, 0.5) is 0 Å². The van der Waals surface area contributed by atoms with Gasteiger partial charge in [0.05, 0.1) is 0 Å². The number of unbranched alkanes of at least 4 members (excludes halogenated alkanes) is 6. The fourth-order valence-electron chi connectivity index (χ4n) is 1.89. The standard InChI is InChI=1S/C15H24N2O/c1-2-3-4-5-6-7-8-11-17-15(18)14-9-12-16-13-10-14/h9-10,12-13H,2-8,11H2,1H3,(H,17,18). The number of carbonyl (C=O) groups excluding carboxylic acids is 1. The van der Waals surface area contributed by atoms with Crippen molar-refractivity contribution >= 4 is 5.91 Å². The van der Waals surface area contributed by atoms with E-state index in [9.17, 15) is 4.79 Å². The SMILES string of the molecule is CCCCCCCCCNC(=O)c1ccncc1. The molecule has 1 N–H and O–H groups in total. The third-order valence-electron chi connectivity index (χ3n) is 3.01. The van der Waals surface area contributed by atoms with Crippen LogP contribution in [0.15, 0.2) is 24.5 Å². The first-order valence-corrected chi connectivity index (χ1v) is 7.03. The summed E-state index contributed by atoms with van der Waals surface area (Å²) < 4.78 is 0. The number of hydrogen-bond donors (Lipinski definition) is 1. The van der Waals surface area contributed by atoms with Crippen molar-refractivity contribution in [2.24, 2.45) is 0 Å². The lowest BCUT2D eigenvalue weighted by Crippen LogP contribution is -2.24. The van der Waals surface area contributed by atoms with Gasteiger partial charge in [0.1, 0.15) is 0 Å². The lowest BCUT2D eigenvalue weighted by atomic mass is 10.1. The van der Waals surface area contributed by atoms with Crippen LogP contribution in [0, 0.1) is 0 Å². The molecule has 1 aromatic heterocycles. The first kappa shape index (κ1) is 14.7. The zero-order valence-electron chi connectivity index (χ0n) is 11.3. The molecule has 0 fully saturated rings. The van der Waals surface area contributed by atoms with Crippen LogP contribution in [0.3, 0.4) is 0 Å². The molecule has 1 amide bonds. The van der Waals surface area contributed by atoms with Crippen LogP contribution in [-0.2, 0) is 0 Å². The van der Waals surface area contributed by atoms with Gasteiger partial charge in [-0.3, -0.25) is 9.78 Å². The van der Waals surface area contributed by atoms with E-state index in [1.165, 1.54) is 38.5 Å². The maximum absolute atomic E-state index is 11.7. The lowest BCUT2D eigenvalue weighted by molar-refractivity contribution is 0.0953. The number of aromatic nitrogens is 1. The molecule has 0 unspecified atom stereocenters. The second-order valence-corrected chi connectivity index (χ2v) is 4.61. The summed E-state index contributed by atoms with van der Waals surface area (Å²) in [6, 6.07) is 3.47. The predicted molar refractivity (Wildman–Crippen MR) is 74.6 cm³/mol. The Balaban J connectivity index is 2.00. The van der Waals surface area contributed by atoms with Crippen molar-refractivity contribution in [1.29, 1.82) is 0 Å². The highest BCUT2D eigenvalue weighted by molar-refractivity contribution is 5.93. The average molecular weight is 248 g/mol. The molecule has 3 heteroatoms. The fraction of sp³-hybridized carbons (Fsp3) is 0.600. The van der Waals surface area contributed by atoms with Crippen LogP contribution in [0.25, 0.3) is 0 Å². The summed E-state index contributed by atoms with van der Waals surface area (Å²) in [7, 11) is 0. The molecule has 100 valence electrons. The Morgan fingerprint density at radius 1 is 1.06 bits per heavy atom. The number of nitrogens with one attached hydrogen (secondary N) is 1. The average Bonchev–Trinajstić information content (AvgIpc) is 2.42. The number of hydrogen-bond acceptors (Lipinski definition) is 2. The first-order chi connectivity index (χ1) is 8.84. The second-order valence-electron chi connectivity index (χ2n) is 4.61. The molecule has 0 saturated carbocycles. The molecule has 0 radical (unpaired) electrons. The predicted octanol–water partition coefficient (Wildman–Crippen LogP) is 3.56. The minimum atomic E-state index is 0.00313. The fourth-order valence-corrected chi connectivity index (χ4v) is 1.89. The van der Waals surface area contributed by atoms with Crippen molar-refractivity contribution in [3.8, 4) is 0 Å². The monoisotopic (exact) mass is 248 g/mol. The van der Waals surface area contributed by atoms with E-state index >= 15 is 0 Å². The second kappa shape index (κ2) is 9.63. The first-order valence-electron chi connectivity index (χ1n) is 7.03. The molecule has 0 aliphatic rings. The maximum Gasteiger partial charge on any atom is 0.251 e. The zero-order chi connectivity index (χ0) is 13.1. The Labute approximate surface area is 110 Å². The van der Waals surface area contributed by atoms with Gasteiger partial charge in [0.15, 0.2) is 0 Å². The van der Waals surface area contributed by atoms with E-state index in [0.717, 1.165) is 13.0 Å². The van der Waals surface area contributed by atoms with Crippen LogP contribution in [0.1, 0.15) is 62.2 Å². The highest BCUT2D eigenvalue weighted by Gasteiger charge is 2.02. The minimum Gasteiger partial charge on any atom is -0.352 e. The Bertz CT molecular complexity index is 325. The van der Waals surface area contributed by atoms with E-state index in [-0.39, 0.29) is 5.91 Å². The van der Waals surface area contributed by atoms with Gasteiger partial charge in [-0.05, 0) is 18.6 Å². The van der Waals surface area contributed by atoms with Gasteiger partial charge in [-0.2, -0.15) is 0 Å². The van der Waals surface area contributed by atoms with Crippen molar-refractivity contribution < 1.29 is 4.79 Å². The molecule has 18 heavy (non-hydrogen) atoms. The quantitative estimate of drug-likeness (QED) is 0.679. The number of pyridine rings is 1. The van der Waals surface area contributed by atoms with Gasteiger partial charge < -0.3 is 5.32 Å². The highest BCUT2D eigenvalue weighted by Crippen LogP contribution is 2.06. The number of nitrogens with zero attached hydrogens (tertiary/aromatic N) is 1. The van der Waals surface area contributed by atoms with E-state index in [0.29, 0.717) is 5.56 Å². The molecule has 0 aliphatic heterocycles. The summed E-state index contributed by atoms with van der Waals surface area (Å²) >= 11 is 0. The lowest BCUT2D eigenvalue weighted by Gasteiger charge is -2.05. The van der Waals surface area contributed by atoms with Gasteiger partial charge in [-0.15, -0.1) is 0 Å². The van der Waals surface area contributed by atoms with Crippen LogP contribution < -0.4 is 5.32 Å². The minimum absolute atomic E-state index is 0.00313. The molecule has 0 bridgehead atoms. The van der Waals surface area contributed by atoms with E-state index in [2.05, 4.69) is 17.2 Å². The van der Waals surface area contributed by atoms with Crippen LogP contribution in [-0.4, -0.2) is 17.4 Å². The summed E-state index contributed by atoms with van der Waals surface area (Å²) in [5.74, 6) is 0.00313. The molecule has 1 heterocycles. The molecule has 0 spiro atoms. The molecule has 1 aromatic rings. The van der Waals surface area contributed by atoms with Gasteiger partial charge in [0.2, 0.25) is 0 Å². The molecule has 0 aromatic carbocycles. The summed E-state index contributed by atoms with van der Waals surface area (Å²) in [4.78, 5) is 15.6. The molecular formula is C15H24N2O. The molecule has 1 rings (SSSR count). The molecular weight excluding hydrogens is 224 g/mol. The van der Waals surface area contributed by atoms with Crippen LogP contribution in [0.5, 0.6) is 0 Å². The zero-order valence-corrected chi connectivity index (χ0v) is 11.3. The van der Waals surface area contributed by atoms with E-state index < -0.39 is 0 Å². The van der Waals surface area contributed by atoms with E-state index in [1.54, 1.807) is 24.5 Å². The van der Waals surface area contributed by atoms with Gasteiger partial charge in [-0.1, -0.05) is 45.4 Å². The van der Waals surface area contributed by atoms with Crippen molar-refractivity contribution in [2.45, 2.75) is 51.9 Å². The van der Waals surface area contributed by atoms with Gasteiger partial charge in [0, 0.05) is 24.5 Å².